The molecule has 0 saturated carbocycles. The zero-order valence-corrected chi connectivity index (χ0v) is 22.7. The summed E-state index contributed by atoms with van der Waals surface area (Å²) in [5, 5.41) is 1.43. The standard InChI is InChI=1S/C29H38N2O2Si/c1-8-23-17-25-24(9-2)27(22-15-16-26(32-7)30-18-22)31-28(21-13-11-10-12-14-21)29(25)34(33-23,19(3)4)20(5)6/h10-16,18-20,23H,8-9,17H2,1-7H3/t23-/m1/s1. The molecule has 4 rings (SSSR count). The van der Waals surface area contributed by atoms with E-state index in [1.54, 1.807) is 7.11 Å². The summed E-state index contributed by atoms with van der Waals surface area (Å²) < 4.78 is 12.5. The molecular weight excluding hydrogens is 436 g/mol. The van der Waals surface area contributed by atoms with Gasteiger partial charge in [-0.1, -0.05) is 71.9 Å². The van der Waals surface area contributed by atoms with Gasteiger partial charge in [-0.15, -0.1) is 0 Å². The van der Waals surface area contributed by atoms with E-state index in [0.717, 1.165) is 36.2 Å². The maximum atomic E-state index is 7.18. The molecule has 3 aromatic rings. The Morgan fingerprint density at radius 2 is 1.68 bits per heavy atom. The van der Waals surface area contributed by atoms with Crippen LogP contribution in [0.15, 0.2) is 48.7 Å². The number of methoxy groups -OCH3 is 1. The molecule has 34 heavy (non-hydrogen) atoms. The van der Waals surface area contributed by atoms with Crippen molar-refractivity contribution in [2.45, 2.75) is 78.0 Å². The molecule has 0 aliphatic carbocycles. The van der Waals surface area contributed by atoms with Crippen LogP contribution in [0.1, 0.15) is 59.1 Å². The second-order valence-electron chi connectivity index (χ2n) is 9.90. The summed E-state index contributed by atoms with van der Waals surface area (Å²) in [4.78, 5) is 9.94. The number of hydrogen-bond acceptors (Lipinski definition) is 4. The molecule has 0 unspecified atom stereocenters. The summed E-state index contributed by atoms with van der Waals surface area (Å²) in [6.45, 7) is 13.9. The highest BCUT2D eigenvalue weighted by Gasteiger charge is 2.52. The van der Waals surface area contributed by atoms with Gasteiger partial charge in [-0.2, -0.15) is 0 Å². The third-order valence-electron chi connectivity index (χ3n) is 7.39. The summed E-state index contributed by atoms with van der Waals surface area (Å²) in [5.41, 5.74) is 8.08. The zero-order valence-electron chi connectivity index (χ0n) is 21.7. The molecule has 0 fully saturated rings. The quantitative estimate of drug-likeness (QED) is 0.357. The molecule has 0 radical (unpaired) electrons. The molecule has 0 spiro atoms. The highest BCUT2D eigenvalue weighted by molar-refractivity contribution is 6.90. The first kappa shape index (κ1) is 24.6. The average molecular weight is 475 g/mol. The lowest BCUT2D eigenvalue weighted by Crippen LogP contribution is -2.63. The van der Waals surface area contributed by atoms with Crippen molar-refractivity contribution in [3.05, 3.63) is 59.8 Å². The largest absolute Gasteiger partial charge is 0.481 e. The van der Waals surface area contributed by atoms with Crippen molar-refractivity contribution in [1.82, 2.24) is 9.97 Å². The van der Waals surface area contributed by atoms with Gasteiger partial charge in [-0.05, 0) is 52.7 Å². The van der Waals surface area contributed by atoms with Gasteiger partial charge in [0.2, 0.25) is 14.2 Å². The summed E-state index contributed by atoms with van der Waals surface area (Å²) in [6, 6.07) is 14.7. The topological polar surface area (TPSA) is 44.2 Å². The number of nitrogens with zero attached hydrogens (tertiary/aromatic N) is 2. The summed E-state index contributed by atoms with van der Waals surface area (Å²) in [7, 11) is -0.704. The number of benzene rings is 1. The van der Waals surface area contributed by atoms with E-state index in [0.29, 0.717) is 17.0 Å². The third-order valence-corrected chi connectivity index (χ3v) is 12.9. The maximum absolute atomic E-state index is 7.18. The number of rotatable bonds is 7. The Hall–Kier alpha value is -2.50. The molecule has 0 saturated heterocycles. The van der Waals surface area contributed by atoms with E-state index in [-0.39, 0.29) is 6.10 Å². The fourth-order valence-corrected chi connectivity index (χ4v) is 11.0. The summed E-state index contributed by atoms with van der Waals surface area (Å²) in [6.07, 6.45) is 5.06. The molecule has 1 aliphatic heterocycles. The summed E-state index contributed by atoms with van der Waals surface area (Å²) in [5.74, 6) is 0.619. The Labute approximate surface area is 205 Å². The predicted octanol–water partition coefficient (Wildman–Crippen LogP) is 6.71. The van der Waals surface area contributed by atoms with Crippen LogP contribution in [0.4, 0.5) is 0 Å². The smallest absolute Gasteiger partial charge is 0.232 e. The monoisotopic (exact) mass is 474 g/mol. The molecule has 0 N–H and O–H groups in total. The van der Waals surface area contributed by atoms with Crippen molar-refractivity contribution < 1.29 is 9.16 Å². The van der Waals surface area contributed by atoms with Crippen LogP contribution in [-0.2, 0) is 17.3 Å². The highest BCUT2D eigenvalue weighted by atomic mass is 28.4. The first-order chi connectivity index (χ1) is 16.4. The Bertz CT molecular complexity index is 1120. The van der Waals surface area contributed by atoms with Gasteiger partial charge in [0, 0.05) is 29.5 Å². The van der Waals surface area contributed by atoms with Crippen LogP contribution in [0.25, 0.3) is 22.5 Å². The van der Waals surface area contributed by atoms with E-state index in [2.05, 4.69) is 82.9 Å². The molecule has 180 valence electrons. The van der Waals surface area contributed by atoms with Crippen molar-refractivity contribution in [2.24, 2.45) is 0 Å². The normalized spacial score (nSPS) is 17.1. The first-order valence-corrected chi connectivity index (χ1v) is 14.7. The second kappa shape index (κ2) is 10.0. The first-order valence-electron chi connectivity index (χ1n) is 12.7. The molecule has 0 amide bonds. The fraction of sp³-hybridized carbons (Fsp3) is 0.448. The van der Waals surface area contributed by atoms with Crippen LogP contribution in [0, 0.1) is 0 Å². The van der Waals surface area contributed by atoms with Crippen LogP contribution in [0.2, 0.25) is 11.1 Å². The third kappa shape index (κ3) is 4.09. The van der Waals surface area contributed by atoms with E-state index >= 15 is 0 Å². The van der Waals surface area contributed by atoms with Crippen LogP contribution >= 0.6 is 0 Å². The van der Waals surface area contributed by atoms with Crippen LogP contribution in [0.5, 0.6) is 5.88 Å². The van der Waals surface area contributed by atoms with E-state index in [1.807, 2.05) is 12.3 Å². The number of pyridine rings is 2. The average Bonchev–Trinajstić information content (AvgIpc) is 2.87. The Morgan fingerprint density at radius 3 is 2.21 bits per heavy atom. The molecule has 4 nitrogen and oxygen atoms in total. The van der Waals surface area contributed by atoms with Gasteiger partial charge in [0.15, 0.2) is 0 Å². The highest BCUT2D eigenvalue weighted by Crippen LogP contribution is 2.43. The van der Waals surface area contributed by atoms with Gasteiger partial charge in [0.25, 0.3) is 0 Å². The molecule has 0 bridgehead atoms. The van der Waals surface area contributed by atoms with Crippen molar-refractivity contribution in [1.29, 1.82) is 0 Å². The van der Waals surface area contributed by atoms with Gasteiger partial charge in [-0.3, -0.25) is 0 Å². The maximum Gasteiger partial charge on any atom is 0.232 e. The Balaban J connectivity index is 2.11. The molecule has 1 aromatic carbocycles. The zero-order chi connectivity index (χ0) is 24.5. The van der Waals surface area contributed by atoms with E-state index in [1.165, 1.54) is 21.9 Å². The SMILES string of the molecule is CCc1c(-c2ccc(OC)nc2)nc(-c2ccccc2)c2c1C[C@@H](CC)O[Si]2(C(C)C)C(C)C. The molecular formula is C29H38N2O2Si. The van der Waals surface area contributed by atoms with Crippen LogP contribution in [-0.4, -0.2) is 31.5 Å². The van der Waals surface area contributed by atoms with Gasteiger partial charge >= 0.3 is 0 Å². The van der Waals surface area contributed by atoms with E-state index < -0.39 is 8.32 Å². The minimum Gasteiger partial charge on any atom is -0.481 e. The molecule has 2 aromatic heterocycles. The Kier molecular flexibility index (Phi) is 7.24. The van der Waals surface area contributed by atoms with Crippen LogP contribution < -0.4 is 9.92 Å². The van der Waals surface area contributed by atoms with Gasteiger partial charge in [0.1, 0.15) is 0 Å². The van der Waals surface area contributed by atoms with E-state index in [4.69, 9.17) is 14.1 Å². The summed E-state index contributed by atoms with van der Waals surface area (Å²) >= 11 is 0. The molecule has 3 heterocycles. The lowest BCUT2D eigenvalue weighted by Gasteiger charge is -2.47. The van der Waals surface area contributed by atoms with Gasteiger partial charge in [-0.25, -0.2) is 9.97 Å². The fourth-order valence-electron chi connectivity index (χ4n) is 5.73. The number of ether oxygens (including phenoxy) is 1. The molecule has 5 heteroatoms. The van der Waals surface area contributed by atoms with Crippen molar-refractivity contribution in [3.8, 4) is 28.4 Å². The van der Waals surface area contributed by atoms with E-state index in [9.17, 15) is 0 Å². The van der Waals surface area contributed by atoms with Gasteiger partial charge < -0.3 is 9.16 Å². The van der Waals surface area contributed by atoms with Crippen molar-refractivity contribution in [2.75, 3.05) is 7.11 Å². The Morgan fingerprint density at radius 1 is 0.971 bits per heavy atom. The predicted molar refractivity (Wildman–Crippen MR) is 143 cm³/mol. The van der Waals surface area contributed by atoms with Crippen molar-refractivity contribution >= 4 is 13.5 Å². The number of fused-ring (bicyclic) bond motifs is 1. The number of hydrogen-bond donors (Lipinski definition) is 0. The molecule has 1 atom stereocenters. The minimum absolute atomic E-state index is 0.252. The lowest BCUT2D eigenvalue weighted by atomic mass is 9.93. The van der Waals surface area contributed by atoms with Crippen LogP contribution in [0.3, 0.4) is 0 Å². The lowest BCUT2D eigenvalue weighted by molar-refractivity contribution is 0.173. The second-order valence-corrected chi connectivity index (χ2v) is 14.5. The molecule has 1 aliphatic rings. The van der Waals surface area contributed by atoms with Gasteiger partial charge in [0.05, 0.1) is 18.5 Å². The number of aromatic nitrogens is 2. The van der Waals surface area contributed by atoms with Crippen molar-refractivity contribution in [3.63, 3.8) is 0 Å². The minimum atomic E-state index is -2.35.